The monoisotopic (exact) mass is 429 g/mol. The zero-order valence-electron chi connectivity index (χ0n) is 17.4. The van der Waals surface area contributed by atoms with Crippen LogP contribution in [0.5, 0.6) is 5.75 Å². The molecule has 2 bridgehead atoms. The molecule has 2 fully saturated rings. The molecule has 2 aromatic rings. The number of halogens is 2. The first-order valence-corrected chi connectivity index (χ1v) is 10.5. The van der Waals surface area contributed by atoms with Gasteiger partial charge in [-0.3, -0.25) is 4.79 Å². The molecule has 2 heterocycles. The van der Waals surface area contributed by atoms with Crippen molar-refractivity contribution in [2.24, 2.45) is 5.92 Å². The predicted molar refractivity (Wildman–Crippen MR) is 110 cm³/mol. The van der Waals surface area contributed by atoms with Crippen LogP contribution in [0.3, 0.4) is 0 Å². The summed E-state index contributed by atoms with van der Waals surface area (Å²) in [4.78, 5) is 27.7. The van der Waals surface area contributed by atoms with Crippen molar-refractivity contribution in [3.05, 3.63) is 65.2 Å². The van der Waals surface area contributed by atoms with E-state index >= 15 is 0 Å². The van der Waals surface area contributed by atoms with Gasteiger partial charge >= 0.3 is 6.09 Å². The Morgan fingerprint density at radius 2 is 1.74 bits per heavy atom. The van der Waals surface area contributed by atoms with Gasteiger partial charge in [0.2, 0.25) is 5.82 Å². The number of Topliss-reactive ketones (excluding diaryl/α,β-unsaturated/α-hetero) is 1. The van der Waals surface area contributed by atoms with E-state index in [0.29, 0.717) is 12.8 Å². The van der Waals surface area contributed by atoms with Crippen LogP contribution in [0.4, 0.5) is 13.6 Å². The Morgan fingerprint density at radius 1 is 1.06 bits per heavy atom. The number of carbonyl (C=O) groups excluding carboxylic acids is 2. The van der Waals surface area contributed by atoms with Crippen LogP contribution in [0, 0.1) is 17.6 Å². The minimum absolute atomic E-state index is 0.0962. The molecule has 164 valence electrons. The molecule has 2 unspecified atom stereocenters. The van der Waals surface area contributed by atoms with Crippen LogP contribution >= 0.6 is 0 Å². The highest BCUT2D eigenvalue weighted by Gasteiger charge is 2.44. The molecule has 2 saturated heterocycles. The number of methoxy groups -OCH3 is 1. The average Bonchev–Trinajstić information content (AvgIpc) is 2.78. The minimum atomic E-state index is -1.11. The number of ketones is 1. The summed E-state index contributed by atoms with van der Waals surface area (Å²) in [6.07, 6.45) is 3.18. The first kappa shape index (κ1) is 21.3. The fourth-order valence-corrected chi connectivity index (χ4v) is 4.78. The van der Waals surface area contributed by atoms with Gasteiger partial charge in [-0.05, 0) is 49.8 Å². The first-order valence-electron chi connectivity index (χ1n) is 10.5. The number of hydrogen-bond donors (Lipinski definition) is 0. The van der Waals surface area contributed by atoms with E-state index in [2.05, 4.69) is 0 Å². The Bertz CT molecular complexity index is 952. The third-order valence-electron chi connectivity index (χ3n) is 6.26. The molecule has 2 aliphatic heterocycles. The van der Waals surface area contributed by atoms with Crippen LogP contribution in [0.15, 0.2) is 42.5 Å². The Labute approximate surface area is 179 Å². The highest BCUT2D eigenvalue weighted by atomic mass is 19.2. The van der Waals surface area contributed by atoms with Gasteiger partial charge < -0.3 is 14.4 Å². The molecule has 1 amide bonds. The van der Waals surface area contributed by atoms with Gasteiger partial charge in [0, 0.05) is 23.6 Å². The van der Waals surface area contributed by atoms with E-state index in [1.165, 1.54) is 13.2 Å². The zero-order chi connectivity index (χ0) is 22.0. The van der Waals surface area contributed by atoms with Crippen LogP contribution in [-0.2, 0) is 11.3 Å². The van der Waals surface area contributed by atoms with Gasteiger partial charge in [-0.15, -0.1) is 0 Å². The molecule has 2 aliphatic rings. The molecule has 2 aromatic carbocycles. The topological polar surface area (TPSA) is 55.8 Å². The summed E-state index contributed by atoms with van der Waals surface area (Å²) in [5, 5.41) is 0. The molecule has 0 aliphatic carbocycles. The molecule has 0 aromatic heterocycles. The maximum absolute atomic E-state index is 13.9. The second-order valence-electron chi connectivity index (χ2n) is 8.19. The van der Waals surface area contributed by atoms with E-state index in [-0.39, 0.29) is 47.8 Å². The van der Waals surface area contributed by atoms with Gasteiger partial charge in [-0.1, -0.05) is 30.3 Å². The number of piperidine rings is 2. The molecule has 0 spiro atoms. The number of fused-ring (bicyclic) bond motifs is 2. The van der Waals surface area contributed by atoms with E-state index < -0.39 is 11.6 Å². The Morgan fingerprint density at radius 3 is 2.39 bits per heavy atom. The summed E-state index contributed by atoms with van der Waals surface area (Å²) in [5.74, 6) is -3.10. The Kier molecular flexibility index (Phi) is 6.20. The fraction of sp³-hybridized carbons (Fsp3) is 0.417. The van der Waals surface area contributed by atoms with Gasteiger partial charge in [0.05, 0.1) is 7.11 Å². The molecular weight excluding hydrogens is 404 g/mol. The summed E-state index contributed by atoms with van der Waals surface area (Å²) in [6.45, 7) is 0.201. The number of rotatable bonds is 5. The third-order valence-corrected chi connectivity index (χ3v) is 6.26. The SMILES string of the molecule is COc1cc(C(=O)C2CC3CCCC(C2)N3C(=O)OCc2ccccc2)cc(F)c1F. The molecule has 0 saturated carbocycles. The molecule has 2 atom stereocenters. The van der Waals surface area contributed by atoms with Crippen molar-refractivity contribution in [2.45, 2.75) is 50.8 Å². The number of amides is 1. The van der Waals surface area contributed by atoms with Gasteiger partial charge in [-0.25, -0.2) is 9.18 Å². The standard InChI is InChI=1S/C24H25F2NO4/c1-30-21-13-17(12-20(25)22(21)26)23(28)16-10-18-8-5-9-19(11-16)27(18)24(29)31-14-15-6-3-2-4-7-15/h2-4,6-7,12-13,16,18-19H,5,8-11,14H2,1H3. The number of benzene rings is 2. The van der Waals surface area contributed by atoms with Crippen molar-refractivity contribution < 1.29 is 27.8 Å². The van der Waals surface area contributed by atoms with E-state index in [9.17, 15) is 18.4 Å². The normalized spacial score (nSPS) is 22.7. The lowest BCUT2D eigenvalue weighted by atomic mass is 9.76. The highest BCUT2D eigenvalue weighted by Crippen LogP contribution is 2.39. The average molecular weight is 429 g/mol. The van der Waals surface area contributed by atoms with Gasteiger partial charge in [0.15, 0.2) is 17.3 Å². The molecular formula is C24H25F2NO4. The quantitative estimate of drug-likeness (QED) is 0.619. The van der Waals surface area contributed by atoms with Crippen LogP contribution in [0.25, 0.3) is 0 Å². The zero-order valence-corrected chi connectivity index (χ0v) is 17.4. The Hall–Kier alpha value is -2.96. The lowest BCUT2D eigenvalue weighted by Crippen LogP contribution is -2.55. The summed E-state index contributed by atoms with van der Waals surface area (Å²) < 4.78 is 38.0. The molecule has 0 radical (unpaired) electrons. The van der Waals surface area contributed by atoms with Crippen LogP contribution in [0.1, 0.15) is 48.0 Å². The lowest BCUT2D eigenvalue weighted by molar-refractivity contribution is 0.00471. The maximum atomic E-state index is 13.9. The van der Waals surface area contributed by atoms with Gasteiger partial charge in [-0.2, -0.15) is 4.39 Å². The van der Waals surface area contributed by atoms with Crippen molar-refractivity contribution in [2.75, 3.05) is 7.11 Å². The van der Waals surface area contributed by atoms with Gasteiger partial charge in [0.25, 0.3) is 0 Å². The van der Waals surface area contributed by atoms with E-state index in [1.807, 2.05) is 30.3 Å². The summed E-state index contributed by atoms with van der Waals surface area (Å²) in [5.41, 5.74) is 1.01. The first-order chi connectivity index (χ1) is 15.0. The Balaban J connectivity index is 1.46. The van der Waals surface area contributed by atoms with E-state index in [4.69, 9.17) is 9.47 Å². The second kappa shape index (κ2) is 9.04. The summed E-state index contributed by atoms with van der Waals surface area (Å²) >= 11 is 0. The molecule has 0 N–H and O–H groups in total. The van der Waals surface area contributed by atoms with Crippen molar-refractivity contribution in [1.82, 2.24) is 4.90 Å². The summed E-state index contributed by atoms with van der Waals surface area (Å²) in [6, 6.07) is 11.5. The second-order valence-corrected chi connectivity index (χ2v) is 8.19. The van der Waals surface area contributed by atoms with Crippen molar-refractivity contribution in [1.29, 1.82) is 0 Å². The predicted octanol–water partition coefficient (Wildman–Crippen LogP) is 5.13. The summed E-state index contributed by atoms with van der Waals surface area (Å²) in [7, 11) is 1.23. The van der Waals surface area contributed by atoms with Crippen LogP contribution in [-0.4, -0.2) is 36.0 Å². The number of nitrogens with zero attached hydrogens (tertiary/aromatic N) is 1. The number of carbonyl (C=O) groups is 2. The number of hydrogen-bond acceptors (Lipinski definition) is 4. The van der Waals surface area contributed by atoms with Crippen LogP contribution in [0.2, 0.25) is 0 Å². The van der Waals surface area contributed by atoms with E-state index in [1.54, 1.807) is 4.90 Å². The molecule has 7 heteroatoms. The van der Waals surface area contributed by atoms with Crippen molar-refractivity contribution in [3.63, 3.8) is 0 Å². The van der Waals surface area contributed by atoms with Crippen molar-refractivity contribution in [3.8, 4) is 5.75 Å². The molecule has 5 nitrogen and oxygen atoms in total. The molecule has 31 heavy (non-hydrogen) atoms. The maximum Gasteiger partial charge on any atom is 0.410 e. The highest BCUT2D eigenvalue weighted by molar-refractivity contribution is 5.98. The largest absolute Gasteiger partial charge is 0.494 e. The fourth-order valence-electron chi connectivity index (χ4n) is 4.78. The minimum Gasteiger partial charge on any atom is -0.494 e. The number of ether oxygens (including phenoxy) is 2. The molecule has 4 rings (SSSR count). The van der Waals surface area contributed by atoms with Gasteiger partial charge in [0.1, 0.15) is 6.61 Å². The smallest absolute Gasteiger partial charge is 0.410 e. The van der Waals surface area contributed by atoms with Crippen molar-refractivity contribution >= 4 is 11.9 Å². The van der Waals surface area contributed by atoms with E-state index in [0.717, 1.165) is 30.9 Å². The third kappa shape index (κ3) is 4.40. The lowest BCUT2D eigenvalue weighted by Gasteiger charge is -2.47. The van der Waals surface area contributed by atoms with Crippen LogP contribution < -0.4 is 4.74 Å².